The van der Waals surface area contributed by atoms with Crippen LogP contribution in [0.5, 0.6) is 11.5 Å². The Morgan fingerprint density at radius 1 is 1.18 bits per heavy atom. The molecule has 4 heterocycles. The molecule has 45 heavy (non-hydrogen) atoms. The number of fused-ring (bicyclic) bond motifs is 1. The second-order valence-electron chi connectivity index (χ2n) is 10.9. The number of rotatable bonds is 10. The van der Waals surface area contributed by atoms with E-state index >= 15 is 0 Å². The lowest BCUT2D eigenvalue weighted by Crippen LogP contribution is -2.39. The number of hydrogen-bond donors (Lipinski definition) is 0. The highest BCUT2D eigenvalue weighted by Crippen LogP contribution is 2.41. The molecule has 3 aromatic heterocycles. The van der Waals surface area contributed by atoms with Crippen LogP contribution in [0, 0.1) is 5.82 Å². The van der Waals surface area contributed by atoms with Gasteiger partial charge in [0, 0.05) is 50.1 Å². The fourth-order valence-electron chi connectivity index (χ4n) is 5.50. The summed E-state index contributed by atoms with van der Waals surface area (Å²) in [4.78, 5) is 19.7. The first-order valence-electron chi connectivity index (χ1n) is 14.5. The summed E-state index contributed by atoms with van der Waals surface area (Å²) >= 11 is 7.91. The van der Waals surface area contributed by atoms with E-state index in [0.717, 1.165) is 22.2 Å². The van der Waals surface area contributed by atoms with Crippen molar-refractivity contribution in [2.75, 3.05) is 33.4 Å². The number of esters is 1. The lowest BCUT2D eigenvalue weighted by Gasteiger charge is -2.32. The maximum Gasteiger partial charge on any atom is 0.351 e. The van der Waals surface area contributed by atoms with Crippen molar-refractivity contribution in [1.29, 1.82) is 0 Å². The lowest BCUT2D eigenvalue weighted by atomic mass is 10.1. The Bertz CT molecular complexity index is 1830. The molecule has 0 spiro atoms. The molecule has 2 aromatic carbocycles. The van der Waals surface area contributed by atoms with Crippen LogP contribution >= 0.6 is 22.9 Å². The van der Waals surface area contributed by atoms with Gasteiger partial charge in [-0.15, -0.1) is 11.3 Å². The standard InChI is InChI=1S/C32H32ClF2N5O4S/c1-19(23-5-6-24(35)30(29(23)33)44-22-8-11-39(12-9-22)13-10-34)43-27-15-28(45-31(27)32(41)42-3)40-18-36-25-14-20(4-7-26(25)40)21-16-37-38(2)17-21/h4-7,14-19,22H,8-13H2,1-3H3. The van der Waals surface area contributed by atoms with E-state index in [9.17, 15) is 13.6 Å². The summed E-state index contributed by atoms with van der Waals surface area (Å²) in [5, 5.41) is 5.05. The van der Waals surface area contributed by atoms with Gasteiger partial charge in [-0.3, -0.25) is 9.25 Å². The van der Waals surface area contributed by atoms with Crippen LogP contribution in [0.1, 0.15) is 41.1 Å². The van der Waals surface area contributed by atoms with Crippen LogP contribution in [0.4, 0.5) is 8.78 Å². The number of aryl methyl sites for hydroxylation is 1. The Kier molecular flexibility index (Phi) is 9.06. The molecular formula is C32H32ClF2N5O4S. The topological polar surface area (TPSA) is 83.6 Å². The van der Waals surface area contributed by atoms with E-state index in [0.29, 0.717) is 48.8 Å². The van der Waals surface area contributed by atoms with Crippen molar-refractivity contribution in [1.82, 2.24) is 24.2 Å². The number of ether oxygens (including phenoxy) is 3. The van der Waals surface area contributed by atoms with Gasteiger partial charge >= 0.3 is 5.97 Å². The third-order valence-electron chi connectivity index (χ3n) is 7.92. The average Bonchev–Trinajstić information content (AvgIpc) is 3.77. The third kappa shape index (κ3) is 6.40. The number of aromatic nitrogens is 4. The molecule has 1 atom stereocenters. The first kappa shape index (κ1) is 31.0. The molecule has 5 aromatic rings. The normalized spacial score (nSPS) is 15.0. The summed E-state index contributed by atoms with van der Waals surface area (Å²) < 4.78 is 48.6. The molecule has 0 amide bonds. The van der Waals surface area contributed by atoms with Gasteiger partial charge in [-0.05, 0) is 43.5 Å². The average molecular weight is 656 g/mol. The molecule has 0 radical (unpaired) electrons. The van der Waals surface area contributed by atoms with Crippen molar-refractivity contribution in [2.24, 2.45) is 7.05 Å². The Hall–Kier alpha value is -4.00. The van der Waals surface area contributed by atoms with Gasteiger partial charge in [-0.25, -0.2) is 18.6 Å². The largest absolute Gasteiger partial charge is 0.486 e. The van der Waals surface area contributed by atoms with Crippen molar-refractivity contribution in [2.45, 2.75) is 32.0 Å². The zero-order valence-electron chi connectivity index (χ0n) is 25.0. The summed E-state index contributed by atoms with van der Waals surface area (Å²) in [5.41, 5.74) is 4.09. The molecule has 236 valence electrons. The first-order valence-corrected chi connectivity index (χ1v) is 15.7. The van der Waals surface area contributed by atoms with E-state index in [1.54, 1.807) is 36.3 Å². The minimum Gasteiger partial charge on any atom is -0.486 e. The van der Waals surface area contributed by atoms with Gasteiger partial charge < -0.3 is 19.1 Å². The van der Waals surface area contributed by atoms with E-state index in [2.05, 4.69) is 10.1 Å². The number of thiophene rings is 1. The van der Waals surface area contributed by atoms with Crippen molar-refractivity contribution in [3.05, 3.63) is 76.4 Å². The maximum absolute atomic E-state index is 14.9. The molecule has 6 rings (SSSR count). The summed E-state index contributed by atoms with van der Waals surface area (Å²) in [6.45, 7) is 3.09. The van der Waals surface area contributed by atoms with Gasteiger partial charge in [0.25, 0.3) is 0 Å². The third-order valence-corrected chi connectivity index (χ3v) is 9.40. The smallest absolute Gasteiger partial charge is 0.351 e. The van der Waals surface area contributed by atoms with Crippen molar-refractivity contribution >= 4 is 39.9 Å². The molecule has 1 aliphatic rings. The fraction of sp³-hybridized carbons (Fsp3) is 0.344. The number of imidazole rings is 1. The number of carbonyl (C=O) groups excluding carboxylic acids is 1. The zero-order valence-corrected chi connectivity index (χ0v) is 26.6. The van der Waals surface area contributed by atoms with Crippen LogP contribution in [0.3, 0.4) is 0 Å². The molecule has 0 bridgehead atoms. The highest BCUT2D eigenvalue weighted by Gasteiger charge is 2.27. The second kappa shape index (κ2) is 13.2. The number of benzene rings is 2. The van der Waals surface area contributed by atoms with Gasteiger partial charge in [-0.1, -0.05) is 23.7 Å². The van der Waals surface area contributed by atoms with Gasteiger partial charge in [0.1, 0.15) is 36.0 Å². The molecule has 9 nitrogen and oxygen atoms in total. The van der Waals surface area contributed by atoms with Crippen LogP contribution in [0.2, 0.25) is 5.02 Å². The molecule has 0 saturated carbocycles. The van der Waals surface area contributed by atoms with Crippen molar-refractivity contribution in [3.63, 3.8) is 0 Å². The quantitative estimate of drug-likeness (QED) is 0.150. The highest BCUT2D eigenvalue weighted by molar-refractivity contribution is 7.16. The van der Waals surface area contributed by atoms with Crippen LogP contribution in [0.25, 0.3) is 27.2 Å². The number of halogens is 3. The Balaban J connectivity index is 1.25. The Morgan fingerprint density at radius 2 is 1.98 bits per heavy atom. The number of methoxy groups -OCH3 is 1. The van der Waals surface area contributed by atoms with E-state index in [1.807, 2.05) is 40.9 Å². The molecule has 1 aliphatic heterocycles. The fourth-order valence-corrected chi connectivity index (χ4v) is 6.85. The predicted molar refractivity (Wildman–Crippen MR) is 169 cm³/mol. The Morgan fingerprint density at radius 3 is 2.69 bits per heavy atom. The minimum absolute atomic E-state index is 0.0386. The van der Waals surface area contributed by atoms with Crippen LogP contribution in [0.15, 0.2) is 55.1 Å². The van der Waals surface area contributed by atoms with Crippen molar-refractivity contribution < 1.29 is 27.8 Å². The minimum atomic E-state index is -0.667. The maximum atomic E-state index is 14.9. The van der Waals surface area contributed by atoms with Crippen LogP contribution in [-0.2, 0) is 11.8 Å². The Labute approximate surface area is 267 Å². The van der Waals surface area contributed by atoms with Gasteiger partial charge in [0.2, 0.25) is 0 Å². The summed E-state index contributed by atoms with van der Waals surface area (Å²) in [6.07, 6.45) is 5.80. The highest BCUT2D eigenvalue weighted by atomic mass is 35.5. The number of likely N-dealkylation sites (tertiary alicyclic amines) is 1. The molecule has 1 unspecified atom stereocenters. The van der Waals surface area contributed by atoms with E-state index < -0.39 is 24.6 Å². The molecule has 0 aliphatic carbocycles. The second-order valence-corrected chi connectivity index (χ2v) is 12.3. The number of nitrogens with zero attached hydrogens (tertiary/aromatic N) is 5. The van der Waals surface area contributed by atoms with E-state index in [-0.39, 0.29) is 21.8 Å². The van der Waals surface area contributed by atoms with Crippen molar-refractivity contribution in [3.8, 4) is 27.6 Å². The van der Waals surface area contributed by atoms with E-state index in [4.69, 9.17) is 25.8 Å². The molecular weight excluding hydrogens is 624 g/mol. The number of hydrogen-bond acceptors (Lipinski definition) is 8. The molecule has 1 fully saturated rings. The zero-order chi connectivity index (χ0) is 31.7. The molecule has 1 saturated heterocycles. The molecule has 13 heteroatoms. The van der Waals surface area contributed by atoms with Gasteiger partial charge in [0.15, 0.2) is 16.4 Å². The SMILES string of the molecule is COC(=O)c1sc(-n2cnc3cc(-c4cnn(C)c4)ccc32)cc1OC(C)c1ccc(F)c(OC2CCN(CCF)CC2)c1Cl. The summed E-state index contributed by atoms with van der Waals surface area (Å²) in [7, 11) is 3.18. The number of alkyl halides is 1. The first-order chi connectivity index (χ1) is 21.7. The van der Waals surface area contributed by atoms with Gasteiger partial charge in [0.05, 0.1) is 29.4 Å². The summed E-state index contributed by atoms with van der Waals surface area (Å²) in [6, 6.07) is 10.6. The number of carbonyl (C=O) groups is 1. The predicted octanol–water partition coefficient (Wildman–Crippen LogP) is 7.02. The monoisotopic (exact) mass is 655 g/mol. The van der Waals surface area contributed by atoms with Crippen LogP contribution in [-0.4, -0.2) is 69.7 Å². The van der Waals surface area contributed by atoms with E-state index in [1.165, 1.54) is 24.5 Å². The molecule has 0 N–H and O–H groups in total. The van der Waals surface area contributed by atoms with Crippen LogP contribution < -0.4 is 9.47 Å². The number of piperidine rings is 1. The summed E-state index contributed by atoms with van der Waals surface area (Å²) in [5.74, 6) is -0.867. The van der Waals surface area contributed by atoms with Gasteiger partial charge in [-0.2, -0.15) is 5.10 Å². The lowest BCUT2D eigenvalue weighted by molar-refractivity contribution is 0.0600.